The second-order valence-electron chi connectivity index (χ2n) is 7.74. The first-order chi connectivity index (χ1) is 15.4. The summed E-state index contributed by atoms with van der Waals surface area (Å²) in [6.45, 7) is 2.18. The molecule has 6 nitrogen and oxygen atoms in total. The highest BCUT2D eigenvalue weighted by Crippen LogP contribution is 2.39. The van der Waals surface area contributed by atoms with Crippen molar-refractivity contribution >= 4 is 29.3 Å². The highest BCUT2D eigenvalue weighted by Gasteiger charge is 2.30. The first-order valence-electron chi connectivity index (χ1n) is 10.4. The van der Waals surface area contributed by atoms with Crippen LogP contribution in [0.4, 0.5) is 4.39 Å². The fourth-order valence-electron chi connectivity index (χ4n) is 3.32. The van der Waals surface area contributed by atoms with Crippen molar-refractivity contribution in [1.82, 2.24) is 19.7 Å². The molecule has 1 unspecified atom stereocenters. The first kappa shape index (κ1) is 22.6. The van der Waals surface area contributed by atoms with Gasteiger partial charge in [-0.05, 0) is 49.6 Å². The fourth-order valence-corrected chi connectivity index (χ4v) is 4.46. The topological polar surface area (TPSA) is 60.3 Å². The van der Waals surface area contributed by atoms with Crippen LogP contribution in [0.15, 0.2) is 53.7 Å². The predicted molar refractivity (Wildman–Crippen MR) is 122 cm³/mol. The molecule has 1 heterocycles. The molecule has 0 bridgehead atoms. The molecule has 0 aliphatic heterocycles. The average molecular weight is 475 g/mol. The number of carbonyl (C=O) groups excluding carboxylic acids is 1. The number of aromatic nitrogens is 3. The van der Waals surface area contributed by atoms with Gasteiger partial charge in [-0.15, -0.1) is 10.2 Å². The summed E-state index contributed by atoms with van der Waals surface area (Å²) in [7, 11) is 1.76. The van der Waals surface area contributed by atoms with Gasteiger partial charge in [0.1, 0.15) is 18.2 Å². The number of rotatable bonds is 9. The SMILES string of the molecule is CC(c1ccc(F)cc1)N(C)C(=O)CSc1nnc(COc2ccccc2Cl)n1C1CC1. The van der Waals surface area contributed by atoms with Crippen LogP contribution in [0.5, 0.6) is 5.75 Å². The van der Waals surface area contributed by atoms with Gasteiger partial charge in [0.15, 0.2) is 11.0 Å². The molecular weight excluding hydrogens is 451 g/mol. The van der Waals surface area contributed by atoms with Crippen molar-refractivity contribution in [2.45, 2.75) is 43.6 Å². The molecule has 1 aliphatic rings. The van der Waals surface area contributed by atoms with Crippen LogP contribution in [0.2, 0.25) is 5.02 Å². The molecule has 32 heavy (non-hydrogen) atoms. The third-order valence-corrected chi connectivity index (χ3v) is 6.73. The third-order valence-electron chi connectivity index (χ3n) is 5.49. The minimum Gasteiger partial charge on any atom is -0.484 e. The number of amides is 1. The summed E-state index contributed by atoms with van der Waals surface area (Å²) < 4.78 is 21.1. The zero-order valence-corrected chi connectivity index (χ0v) is 19.4. The molecule has 3 aromatic rings. The molecule has 9 heteroatoms. The lowest BCUT2D eigenvalue weighted by atomic mass is 10.1. The van der Waals surface area contributed by atoms with E-state index in [1.807, 2.05) is 25.1 Å². The van der Waals surface area contributed by atoms with E-state index >= 15 is 0 Å². The maximum absolute atomic E-state index is 13.2. The van der Waals surface area contributed by atoms with Gasteiger partial charge in [-0.25, -0.2) is 4.39 Å². The lowest BCUT2D eigenvalue weighted by molar-refractivity contribution is -0.128. The van der Waals surface area contributed by atoms with Crippen LogP contribution in [0.25, 0.3) is 0 Å². The van der Waals surface area contributed by atoms with Crippen molar-refractivity contribution in [2.75, 3.05) is 12.8 Å². The number of para-hydroxylation sites is 1. The van der Waals surface area contributed by atoms with Gasteiger partial charge >= 0.3 is 0 Å². The summed E-state index contributed by atoms with van der Waals surface area (Å²) >= 11 is 7.54. The number of benzene rings is 2. The fraction of sp³-hybridized carbons (Fsp3) is 0.348. The molecule has 1 fully saturated rings. The number of thioether (sulfide) groups is 1. The maximum Gasteiger partial charge on any atom is 0.233 e. The van der Waals surface area contributed by atoms with E-state index in [-0.39, 0.29) is 30.1 Å². The summed E-state index contributed by atoms with van der Waals surface area (Å²) in [5.74, 6) is 1.22. The number of nitrogens with zero attached hydrogens (tertiary/aromatic N) is 4. The van der Waals surface area contributed by atoms with E-state index in [1.54, 1.807) is 30.1 Å². The van der Waals surface area contributed by atoms with Gasteiger partial charge in [0.05, 0.1) is 16.8 Å². The van der Waals surface area contributed by atoms with E-state index in [2.05, 4.69) is 14.8 Å². The Balaban J connectivity index is 1.39. The Morgan fingerprint density at radius 3 is 2.66 bits per heavy atom. The Labute approximate surface area is 195 Å². The molecule has 0 radical (unpaired) electrons. The van der Waals surface area contributed by atoms with Gasteiger partial charge in [0, 0.05) is 13.1 Å². The molecule has 1 aromatic heterocycles. The van der Waals surface area contributed by atoms with E-state index in [9.17, 15) is 9.18 Å². The summed E-state index contributed by atoms with van der Waals surface area (Å²) in [6.07, 6.45) is 2.11. The molecule has 1 aliphatic carbocycles. The number of carbonyl (C=O) groups is 1. The summed E-state index contributed by atoms with van der Waals surface area (Å²) in [4.78, 5) is 14.5. The van der Waals surface area contributed by atoms with Crippen molar-refractivity contribution in [3.63, 3.8) is 0 Å². The van der Waals surface area contributed by atoms with Crippen LogP contribution in [-0.4, -0.2) is 38.4 Å². The quantitative estimate of drug-likeness (QED) is 0.394. The van der Waals surface area contributed by atoms with Gasteiger partial charge in [-0.3, -0.25) is 9.36 Å². The van der Waals surface area contributed by atoms with Crippen molar-refractivity contribution in [2.24, 2.45) is 0 Å². The highest BCUT2D eigenvalue weighted by molar-refractivity contribution is 7.99. The Hall–Kier alpha value is -2.58. The Morgan fingerprint density at radius 2 is 1.97 bits per heavy atom. The van der Waals surface area contributed by atoms with Crippen LogP contribution in [0.1, 0.15) is 43.2 Å². The molecule has 1 saturated carbocycles. The second kappa shape index (κ2) is 9.92. The molecule has 0 saturated heterocycles. The second-order valence-corrected chi connectivity index (χ2v) is 9.09. The zero-order valence-electron chi connectivity index (χ0n) is 17.9. The van der Waals surface area contributed by atoms with E-state index in [4.69, 9.17) is 16.3 Å². The largest absolute Gasteiger partial charge is 0.484 e. The molecule has 1 amide bonds. The molecule has 4 rings (SSSR count). The number of ether oxygens (including phenoxy) is 1. The Bertz CT molecular complexity index is 1090. The van der Waals surface area contributed by atoms with Crippen LogP contribution >= 0.6 is 23.4 Å². The normalized spacial score (nSPS) is 14.2. The van der Waals surface area contributed by atoms with Crippen molar-refractivity contribution in [1.29, 1.82) is 0 Å². The van der Waals surface area contributed by atoms with Crippen LogP contribution in [0, 0.1) is 5.82 Å². The van der Waals surface area contributed by atoms with Gasteiger partial charge in [0.2, 0.25) is 5.91 Å². The Kier molecular flexibility index (Phi) is 7.01. The highest BCUT2D eigenvalue weighted by atomic mass is 35.5. The monoisotopic (exact) mass is 474 g/mol. The lowest BCUT2D eigenvalue weighted by Gasteiger charge is -2.25. The third kappa shape index (κ3) is 5.24. The molecule has 1 atom stereocenters. The van der Waals surface area contributed by atoms with Crippen molar-refractivity contribution in [3.8, 4) is 5.75 Å². The van der Waals surface area contributed by atoms with Gasteiger partial charge in [0.25, 0.3) is 0 Å². The summed E-state index contributed by atoms with van der Waals surface area (Å²) in [5.41, 5.74) is 0.882. The minimum atomic E-state index is -0.292. The average Bonchev–Trinajstić information content (AvgIpc) is 3.56. The van der Waals surface area contributed by atoms with E-state index in [0.717, 1.165) is 24.2 Å². The van der Waals surface area contributed by atoms with E-state index in [0.29, 0.717) is 22.0 Å². The number of hydrogen-bond donors (Lipinski definition) is 0. The molecule has 0 N–H and O–H groups in total. The molecule has 0 spiro atoms. The van der Waals surface area contributed by atoms with Crippen molar-refractivity contribution in [3.05, 3.63) is 70.8 Å². The van der Waals surface area contributed by atoms with Crippen molar-refractivity contribution < 1.29 is 13.9 Å². The zero-order chi connectivity index (χ0) is 22.7. The lowest BCUT2D eigenvalue weighted by Crippen LogP contribution is -2.31. The van der Waals surface area contributed by atoms with Crippen LogP contribution < -0.4 is 4.74 Å². The van der Waals surface area contributed by atoms with Gasteiger partial charge < -0.3 is 9.64 Å². The molecule has 168 valence electrons. The van der Waals surface area contributed by atoms with Gasteiger partial charge in [-0.1, -0.05) is 47.6 Å². The summed E-state index contributed by atoms with van der Waals surface area (Å²) in [5, 5.41) is 9.86. The maximum atomic E-state index is 13.2. The molecule has 2 aromatic carbocycles. The standard InChI is InChI=1S/C23H24ClFN4O2S/c1-15(16-7-9-17(25)10-8-16)28(2)22(30)14-32-23-27-26-21(29(23)18-11-12-18)13-31-20-6-4-3-5-19(20)24/h3-10,15,18H,11-14H2,1-2H3. The number of halogens is 2. The minimum absolute atomic E-state index is 0.0361. The Morgan fingerprint density at radius 1 is 1.25 bits per heavy atom. The number of hydrogen-bond acceptors (Lipinski definition) is 5. The van der Waals surface area contributed by atoms with Crippen LogP contribution in [-0.2, 0) is 11.4 Å². The first-order valence-corrected chi connectivity index (χ1v) is 11.8. The van der Waals surface area contributed by atoms with Crippen LogP contribution in [0.3, 0.4) is 0 Å². The van der Waals surface area contributed by atoms with Gasteiger partial charge in [-0.2, -0.15) is 0 Å². The summed E-state index contributed by atoms with van der Waals surface area (Å²) in [6, 6.07) is 13.7. The van der Waals surface area contributed by atoms with E-state index in [1.165, 1.54) is 23.9 Å². The smallest absolute Gasteiger partial charge is 0.233 e. The van der Waals surface area contributed by atoms with E-state index < -0.39 is 0 Å². The predicted octanol–water partition coefficient (Wildman–Crippen LogP) is 5.30. The molecular formula is C23H24ClFN4O2S.